The average molecular weight is 348 g/mol. The molecule has 3 N–H and O–H groups in total. The van der Waals surface area contributed by atoms with Gasteiger partial charge in [-0.3, -0.25) is 9.59 Å². The Kier molecular flexibility index (Phi) is 5.12. The van der Waals surface area contributed by atoms with E-state index in [4.69, 9.17) is 5.73 Å². The molecule has 3 rings (SSSR count). The molecule has 0 spiro atoms. The molecule has 0 radical (unpaired) electrons. The molecule has 132 valence electrons. The Morgan fingerprint density at radius 1 is 1.04 bits per heavy atom. The second-order valence-electron chi connectivity index (χ2n) is 5.90. The van der Waals surface area contributed by atoms with Gasteiger partial charge in [-0.1, -0.05) is 61.5 Å². The van der Waals surface area contributed by atoms with Gasteiger partial charge in [-0.05, 0) is 16.7 Å². The van der Waals surface area contributed by atoms with Crippen molar-refractivity contribution in [2.24, 2.45) is 5.73 Å². The van der Waals surface area contributed by atoms with Crippen LogP contribution < -0.4 is 11.1 Å². The standard InChI is InChI=1S/C20H20N4O2/c1-2-17(25)23-20-18(19(21)26)24(13-22-20)12-14-8-10-16(11-9-14)15-6-4-3-5-7-15/h3-11,13H,2,12H2,1H3,(H2,21,26)(H,23,25). The van der Waals surface area contributed by atoms with Gasteiger partial charge in [0.2, 0.25) is 5.91 Å². The van der Waals surface area contributed by atoms with E-state index in [1.54, 1.807) is 11.5 Å². The zero-order chi connectivity index (χ0) is 18.5. The molecule has 6 nitrogen and oxygen atoms in total. The summed E-state index contributed by atoms with van der Waals surface area (Å²) < 4.78 is 1.64. The molecule has 1 heterocycles. The molecule has 2 aromatic carbocycles. The van der Waals surface area contributed by atoms with Crippen molar-refractivity contribution in [3.8, 4) is 11.1 Å². The molecular formula is C20H20N4O2. The molecular weight excluding hydrogens is 328 g/mol. The van der Waals surface area contributed by atoms with Crippen molar-refractivity contribution in [1.29, 1.82) is 0 Å². The number of carbonyl (C=O) groups is 2. The molecule has 26 heavy (non-hydrogen) atoms. The maximum atomic E-state index is 11.8. The largest absolute Gasteiger partial charge is 0.364 e. The summed E-state index contributed by atoms with van der Waals surface area (Å²) >= 11 is 0. The summed E-state index contributed by atoms with van der Waals surface area (Å²) in [6, 6.07) is 18.2. The van der Waals surface area contributed by atoms with Crippen LogP contribution in [0.25, 0.3) is 11.1 Å². The number of anilines is 1. The Morgan fingerprint density at radius 3 is 2.31 bits per heavy atom. The minimum absolute atomic E-state index is 0.193. The van der Waals surface area contributed by atoms with Crippen molar-refractivity contribution < 1.29 is 9.59 Å². The molecule has 2 amide bonds. The fraction of sp³-hybridized carbons (Fsp3) is 0.150. The number of aromatic nitrogens is 2. The summed E-state index contributed by atoms with van der Waals surface area (Å²) in [7, 11) is 0. The second-order valence-corrected chi connectivity index (χ2v) is 5.90. The summed E-state index contributed by atoms with van der Waals surface area (Å²) in [6.45, 7) is 2.16. The Labute approximate surface area is 151 Å². The fourth-order valence-electron chi connectivity index (χ4n) is 2.70. The van der Waals surface area contributed by atoms with Gasteiger partial charge in [0.15, 0.2) is 11.5 Å². The molecule has 3 aromatic rings. The zero-order valence-corrected chi connectivity index (χ0v) is 14.5. The molecule has 0 bridgehead atoms. The highest BCUT2D eigenvalue weighted by molar-refractivity contribution is 6.00. The van der Waals surface area contributed by atoms with E-state index in [1.807, 2.05) is 42.5 Å². The number of rotatable bonds is 6. The first-order valence-electron chi connectivity index (χ1n) is 8.37. The van der Waals surface area contributed by atoms with Crippen LogP contribution in [0.5, 0.6) is 0 Å². The van der Waals surface area contributed by atoms with Crippen LogP contribution in [0, 0.1) is 0 Å². The lowest BCUT2D eigenvalue weighted by molar-refractivity contribution is -0.115. The van der Waals surface area contributed by atoms with Gasteiger partial charge < -0.3 is 15.6 Å². The van der Waals surface area contributed by atoms with Crippen molar-refractivity contribution in [2.75, 3.05) is 5.32 Å². The van der Waals surface area contributed by atoms with Gasteiger partial charge >= 0.3 is 0 Å². The van der Waals surface area contributed by atoms with Crippen molar-refractivity contribution >= 4 is 17.6 Å². The van der Waals surface area contributed by atoms with E-state index in [9.17, 15) is 9.59 Å². The molecule has 0 saturated carbocycles. The van der Waals surface area contributed by atoms with Crippen LogP contribution in [0.4, 0.5) is 5.82 Å². The van der Waals surface area contributed by atoms with Gasteiger partial charge in [0.25, 0.3) is 5.91 Å². The highest BCUT2D eigenvalue weighted by Crippen LogP contribution is 2.21. The number of carbonyl (C=O) groups excluding carboxylic acids is 2. The van der Waals surface area contributed by atoms with Gasteiger partial charge in [-0.25, -0.2) is 4.98 Å². The predicted octanol–water partition coefficient (Wildman–Crippen LogP) is 3.05. The molecule has 1 aromatic heterocycles. The monoisotopic (exact) mass is 348 g/mol. The molecule has 0 aliphatic carbocycles. The van der Waals surface area contributed by atoms with Gasteiger partial charge in [-0.2, -0.15) is 0 Å². The molecule has 0 unspecified atom stereocenters. The summed E-state index contributed by atoms with van der Waals surface area (Å²) in [4.78, 5) is 27.5. The van der Waals surface area contributed by atoms with Crippen molar-refractivity contribution in [1.82, 2.24) is 9.55 Å². The van der Waals surface area contributed by atoms with Crippen LogP contribution in [0.2, 0.25) is 0 Å². The van der Waals surface area contributed by atoms with Crippen molar-refractivity contribution in [3.05, 3.63) is 72.2 Å². The maximum absolute atomic E-state index is 11.8. The van der Waals surface area contributed by atoms with Crippen LogP contribution in [0.15, 0.2) is 60.9 Å². The first-order valence-corrected chi connectivity index (χ1v) is 8.37. The Morgan fingerprint density at radius 2 is 1.69 bits per heavy atom. The Bertz CT molecular complexity index is 915. The first-order chi connectivity index (χ1) is 12.6. The first kappa shape index (κ1) is 17.4. The van der Waals surface area contributed by atoms with Crippen LogP contribution in [-0.4, -0.2) is 21.4 Å². The van der Waals surface area contributed by atoms with Gasteiger partial charge in [-0.15, -0.1) is 0 Å². The Balaban J connectivity index is 1.82. The third kappa shape index (κ3) is 3.80. The topological polar surface area (TPSA) is 90.0 Å². The fourth-order valence-corrected chi connectivity index (χ4v) is 2.70. The number of hydrogen-bond acceptors (Lipinski definition) is 3. The van der Waals surface area contributed by atoms with Crippen LogP contribution in [0.3, 0.4) is 0 Å². The van der Waals surface area contributed by atoms with Crippen molar-refractivity contribution in [3.63, 3.8) is 0 Å². The normalized spacial score (nSPS) is 10.5. The Hall–Kier alpha value is -3.41. The van der Waals surface area contributed by atoms with E-state index in [-0.39, 0.29) is 17.4 Å². The summed E-state index contributed by atoms with van der Waals surface area (Å²) in [5.74, 6) is -0.648. The smallest absolute Gasteiger partial charge is 0.269 e. The third-order valence-corrected chi connectivity index (χ3v) is 4.06. The van der Waals surface area contributed by atoms with Gasteiger partial charge in [0.05, 0.1) is 6.33 Å². The van der Waals surface area contributed by atoms with E-state index in [2.05, 4.69) is 22.4 Å². The van der Waals surface area contributed by atoms with Crippen LogP contribution in [-0.2, 0) is 11.3 Å². The number of nitrogens with two attached hydrogens (primary N) is 1. The molecule has 0 aliphatic heterocycles. The van der Waals surface area contributed by atoms with E-state index in [0.717, 1.165) is 16.7 Å². The molecule has 0 aliphatic rings. The number of imidazole rings is 1. The van der Waals surface area contributed by atoms with Crippen LogP contribution >= 0.6 is 0 Å². The van der Waals surface area contributed by atoms with Crippen LogP contribution in [0.1, 0.15) is 29.4 Å². The zero-order valence-electron chi connectivity index (χ0n) is 14.5. The lowest BCUT2D eigenvalue weighted by Gasteiger charge is -2.09. The summed E-state index contributed by atoms with van der Waals surface area (Å²) in [5, 5.41) is 2.61. The SMILES string of the molecule is CCC(=O)Nc1ncn(Cc2ccc(-c3ccccc3)cc2)c1C(N)=O. The predicted molar refractivity (Wildman–Crippen MR) is 101 cm³/mol. The van der Waals surface area contributed by atoms with E-state index in [1.165, 1.54) is 6.33 Å². The number of primary amides is 1. The van der Waals surface area contributed by atoms with Crippen molar-refractivity contribution in [2.45, 2.75) is 19.9 Å². The number of nitrogens with zero attached hydrogens (tertiary/aromatic N) is 2. The quantitative estimate of drug-likeness (QED) is 0.717. The number of hydrogen-bond donors (Lipinski definition) is 2. The minimum Gasteiger partial charge on any atom is -0.364 e. The third-order valence-electron chi connectivity index (χ3n) is 4.06. The lowest BCUT2D eigenvalue weighted by Crippen LogP contribution is -2.21. The second kappa shape index (κ2) is 7.65. The number of benzene rings is 2. The summed E-state index contributed by atoms with van der Waals surface area (Å²) in [5.41, 5.74) is 8.93. The minimum atomic E-state index is -0.630. The molecule has 0 fully saturated rings. The molecule has 0 atom stereocenters. The number of nitrogens with one attached hydrogen (secondary N) is 1. The van der Waals surface area contributed by atoms with E-state index < -0.39 is 5.91 Å². The maximum Gasteiger partial charge on any atom is 0.269 e. The highest BCUT2D eigenvalue weighted by Gasteiger charge is 2.18. The van der Waals surface area contributed by atoms with Gasteiger partial charge in [0.1, 0.15) is 0 Å². The van der Waals surface area contributed by atoms with E-state index >= 15 is 0 Å². The number of amides is 2. The average Bonchev–Trinajstić information content (AvgIpc) is 3.05. The summed E-state index contributed by atoms with van der Waals surface area (Å²) in [6.07, 6.45) is 1.81. The lowest BCUT2D eigenvalue weighted by atomic mass is 10.0. The van der Waals surface area contributed by atoms with Gasteiger partial charge in [0, 0.05) is 13.0 Å². The highest BCUT2D eigenvalue weighted by atomic mass is 16.2. The molecule has 0 saturated heterocycles. The van der Waals surface area contributed by atoms with E-state index in [0.29, 0.717) is 13.0 Å². The molecule has 6 heteroatoms.